The van der Waals surface area contributed by atoms with Crippen molar-refractivity contribution in [3.63, 3.8) is 0 Å². The number of benzene rings is 2. The molecule has 4 fully saturated rings. The number of likely N-dealkylation sites (tertiary alicyclic amines) is 2. The molecule has 4 aliphatic heterocycles. The SMILES string of the molecule is Cn1ccc2cc(C3=C(/C=C/C(=O)N4C[C@@H]5C[C@H]4CN5)C(Cl)(Cl)C(Cl)(Cl)C(SC4=CC(c5ccc6c(ccn6C)c5)=C(/C=C/C(=O)N5C[C@@H]6C[C@H]5CN6)C(Cl)(Cl)C4(Cl)Cl)=C3)ccc21. The number of nitrogens with zero attached hydrogens (tertiary/aromatic N) is 4. The van der Waals surface area contributed by atoms with Crippen molar-refractivity contribution in [3.8, 4) is 0 Å². The molecule has 2 aromatic heterocycles. The fourth-order valence-electron chi connectivity index (χ4n) is 9.82. The van der Waals surface area contributed by atoms with Gasteiger partial charge in [0.25, 0.3) is 0 Å². The lowest BCUT2D eigenvalue weighted by atomic mass is 9.89. The number of aryl methyl sites for hydroxylation is 2. The monoisotopic (exact) mass is 1020 g/mol. The number of nitrogens with one attached hydrogen (secondary N) is 2. The first-order valence-electron chi connectivity index (χ1n) is 20.5. The van der Waals surface area contributed by atoms with Gasteiger partial charge in [-0.05, 0) is 107 Å². The summed E-state index contributed by atoms with van der Waals surface area (Å²) in [5.74, 6) is -0.327. The molecule has 8 nitrogen and oxygen atoms in total. The third kappa shape index (κ3) is 7.36. The number of fused-ring (bicyclic) bond motifs is 6. The van der Waals surface area contributed by atoms with Gasteiger partial charge in [0, 0.05) is 121 Å². The van der Waals surface area contributed by atoms with E-state index in [4.69, 9.17) is 92.8 Å². The molecule has 4 atom stereocenters. The van der Waals surface area contributed by atoms with E-state index < -0.39 is 17.3 Å². The lowest BCUT2D eigenvalue weighted by molar-refractivity contribution is -0.128. The van der Waals surface area contributed by atoms with E-state index in [0.717, 1.165) is 70.6 Å². The molecule has 2 aliphatic carbocycles. The highest BCUT2D eigenvalue weighted by atomic mass is 35.5. The summed E-state index contributed by atoms with van der Waals surface area (Å²) in [7, 11) is 3.94. The zero-order valence-electron chi connectivity index (χ0n) is 33.8. The number of hydrogen-bond acceptors (Lipinski definition) is 5. The average Bonchev–Trinajstić information content (AvgIpc) is 4.13. The van der Waals surface area contributed by atoms with Crippen molar-refractivity contribution < 1.29 is 9.59 Å². The molecule has 10 rings (SSSR count). The first kappa shape index (κ1) is 44.3. The summed E-state index contributed by atoms with van der Waals surface area (Å²) in [6.07, 6.45) is 15.6. The van der Waals surface area contributed by atoms with Crippen LogP contribution in [0.1, 0.15) is 24.0 Å². The molecule has 6 aliphatic rings. The van der Waals surface area contributed by atoms with Gasteiger partial charge in [-0.3, -0.25) is 9.59 Å². The number of rotatable bonds is 8. The largest absolute Gasteiger partial charge is 0.351 e. The van der Waals surface area contributed by atoms with Crippen molar-refractivity contribution in [3.05, 3.63) is 129 Å². The van der Waals surface area contributed by atoms with Crippen LogP contribution in [0.25, 0.3) is 33.0 Å². The summed E-state index contributed by atoms with van der Waals surface area (Å²) in [6, 6.07) is 16.7. The first-order valence-corrected chi connectivity index (χ1v) is 24.4. The number of halogens is 8. The molecule has 4 saturated heterocycles. The number of alkyl halides is 8. The smallest absolute Gasteiger partial charge is 0.246 e. The molecule has 6 heterocycles. The van der Waals surface area contributed by atoms with Crippen molar-refractivity contribution >= 4 is 149 Å². The molecule has 4 aromatic rings. The molecule has 0 saturated carbocycles. The highest BCUT2D eigenvalue weighted by molar-refractivity contribution is 8.07. The second-order valence-corrected chi connectivity index (χ2v) is 23.5. The Morgan fingerprint density at radius 1 is 0.619 bits per heavy atom. The number of aromatic nitrogens is 2. The summed E-state index contributed by atoms with van der Waals surface area (Å²) in [6.45, 7) is 2.72. The molecule has 2 N–H and O–H groups in total. The van der Waals surface area contributed by atoms with E-state index in [9.17, 15) is 9.59 Å². The van der Waals surface area contributed by atoms with Crippen LogP contribution < -0.4 is 10.6 Å². The van der Waals surface area contributed by atoms with E-state index in [1.807, 2.05) is 94.0 Å². The Hall–Kier alpha value is -2.51. The van der Waals surface area contributed by atoms with E-state index in [2.05, 4.69) is 10.6 Å². The number of piperazine rings is 2. The van der Waals surface area contributed by atoms with Crippen molar-refractivity contribution in [2.75, 3.05) is 26.2 Å². The molecule has 17 heteroatoms. The minimum absolute atomic E-state index is 0.112. The molecule has 2 aromatic carbocycles. The fourth-order valence-corrected chi connectivity index (χ4v) is 13.3. The highest BCUT2D eigenvalue weighted by Crippen LogP contribution is 2.65. The van der Waals surface area contributed by atoms with Crippen LogP contribution in [0.15, 0.2) is 118 Å². The number of carbonyl (C=O) groups excluding carboxylic acids is 2. The minimum Gasteiger partial charge on any atom is -0.351 e. The third-order valence-corrected chi connectivity index (χ3v) is 19.7. The molecule has 0 unspecified atom stereocenters. The van der Waals surface area contributed by atoms with Gasteiger partial charge in [-0.1, -0.05) is 117 Å². The van der Waals surface area contributed by atoms with Gasteiger partial charge >= 0.3 is 0 Å². The Labute approximate surface area is 409 Å². The molecule has 0 spiro atoms. The maximum atomic E-state index is 13.7. The standard InChI is InChI=1S/C46H40Cl8N6O2S/c1-57-13-11-27-15-25(3-7-37(27)57)33-19-39(45(51,52)43(47,48)35(33)5-9-41(61)59-23-29-17-31(59)21-55-29)63-40-20-34(26-4-8-38-28(16-26)12-14-58(38)2)36(44(49,50)46(40,53)54)6-10-42(62)60-24-30-18-32(60)22-56-30/h3-16,19-20,29-32,55-56H,17-18,21-24H2,1-2H3/b9-5+,10-6+/t29-,30-,31-,32-/m0/s1. The van der Waals surface area contributed by atoms with E-state index in [-0.39, 0.29) is 45.8 Å². The van der Waals surface area contributed by atoms with Gasteiger partial charge in [-0.15, -0.1) is 0 Å². The van der Waals surface area contributed by atoms with Gasteiger partial charge in [0.15, 0.2) is 17.3 Å². The van der Waals surface area contributed by atoms with Gasteiger partial charge in [-0.2, -0.15) is 0 Å². The highest BCUT2D eigenvalue weighted by Gasteiger charge is 2.59. The molecule has 4 bridgehead atoms. The van der Waals surface area contributed by atoms with Gasteiger partial charge in [-0.25, -0.2) is 0 Å². The first-order chi connectivity index (χ1) is 29.8. The Morgan fingerprint density at radius 2 is 1.03 bits per heavy atom. The van der Waals surface area contributed by atoms with Crippen LogP contribution in [-0.4, -0.2) is 98.4 Å². The lowest BCUT2D eigenvalue weighted by Gasteiger charge is -2.43. The van der Waals surface area contributed by atoms with E-state index in [1.165, 1.54) is 12.2 Å². The van der Waals surface area contributed by atoms with E-state index >= 15 is 0 Å². The van der Waals surface area contributed by atoms with Crippen LogP contribution >= 0.6 is 105 Å². The summed E-state index contributed by atoms with van der Waals surface area (Å²) in [5.41, 5.74) is 5.32. The molecule has 328 valence electrons. The van der Waals surface area contributed by atoms with Gasteiger partial charge in [0.1, 0.15) is 0 Å². The van der Waals surface area contributed by atoms with Crippen molar-refractivity contribution in [1.29, 1.82) is 0 Å². The minimum atomic E-state index is -2.03. The van der Waals surface area contributed by atoms with E-state index in [1.54, 1.807) is 24.3 Å². The summed E-state index contributed by atoms with van der Waals surface area (Å²) < 4.78 is -4.07. The zero-order chi connectivity index (χ0) is 44.4. The quantitative estimate of drug-likeness (QED) is 0.136. The Morgan fingerprint density at radius 3 is 1.40 bits per heavy atom. The number of thioether (sulfide) groups is 1. The summed E-state index contributed by atoms with van der Waals surface area (Å²) >= 11 is 60.1. The predicted molar refractivity (Wildman–Crippen MR) is 263 cm³/mol. The van der Waals surface area contributed by atoms with Gasteiger partial charge < -0.3 is 29.6 Å². The Balaban J connectivity index is 1.10. The number of carbonyl (C=O) groups is 2. The summed E-state index contributed by atoms with van der Waals surface area (Å²) in [5, 5.41) is 8.80. The lowest BCUT2D eigenvalue weighted by Crippen LogP contribution is -2.46. The maximum Gasteiger partial charge on any atom is 0.246 e. The maximum absolute atomic E-state index is 13.7. The molecule has 63 heavy (non-hydrogen) atoms. The topological polar surface area (TPSA) is 74.5 Å². The molecular formula is C46H40Cl8N6O2S. The normalized spacial score (nSPS) is 27.0. The van der Waals surface area contributed by atoms with Crippen LogP contribution in [0.5, 0.6) is 0 Å². The van der Waals surface area contributed by atoms with Gasteiger partial charge in [0.2, 0.25) is 11.8 Å². The average molecular weight is 1020 g/mol. The third-order valence-electron chi connectivity index (χ3n) is 13.3. The van der Waals surface area contributed by atoms with E-state index in [0.29, 0.717) is 35.4 Å². The zero-order valence-corrected chi connectivity index (χ0v) is 40.7. The number of hydrogen-bond donors (Lipinski definition) is 2. The van der Waals surface area contributed by atoms with Crippen LogP contribution in [0.2, 0.25) is 0 Å². The Kier molecular flexibility index (Phi) is 11.3. The van der Waals surface area contributed by atoms with Crippen molar-refractivity contribution in [2.45, 2.75) is 54.3 Å². The second kappa shape index (κ2) is 16.1. The van der Waals surface area contributed by atoms with Gasteiger partial charge in [0.05, 0.1) is 0 Å². The number of amides is 2. The van der Waals surface area contributed by atoms with Crippen molar-refractivity contribution in [1.82, 2.24) is 29.6 Å². The van der Waals surface area contributed by atoms with Crippen molar-refractivity contribution in [2.24, 2.45) is 14.1 Å². The van der Waals surface area contributed by atoms with Crippen LogP contribution in [0.3, 0.4) is 0 Å². The predicted octanol–water partition coefficient (Wildman–Crippen LogP) is 10.4. The number of allylic oxidation sites excluding steroid dienone is 10. The van der Waals surface area contributed by atoms with Crippen LogP contribution in [0, 0.1) is 0 Å². The second-order valence-electron chi connectivity index (χ2n) is 17.1. The summed E-state index contributed by atoms with van der Waals surface area (Å²) in [4.78, 5) is 31.6. The fraction of sp³-hybridized carbons (Fsp3) is 0.348. The molecule has 2 amide bonds. The molecule has 0 radical (unpaired) electrons. The van der Waals surface area contributed by atoms with Crippen LogP contribution in [-0.2, 0) is 23.7 Å². The van der Waals surface area contributed by atoms with Crippen LogP contribution in [0.4, 0.5) is 0 Å². The molecular weight excluding hydrogens is 984 g/mol. The Bertz CT molecular complexity index is 2630.